The van der Waals surface area contributed by atoms with Crippen molar-refractivity contribution in [3.05, 3.63) is 0 Å². The van der Waals surface area contributed by atoms with Crippen molar-refractivity contribution in [3.8, 4) is 0 Å². The van der Waals surface area contributed by atoms with Crippen LogP contribution in [0.5, 0.6) is 0 Å². The van der Waals surface area contributed by atoms with Crippen LogP contribution in [-0.4, -0.2) is 52.5 Å². The summed E-state index contributed by atoms with van der Waals surface area (Å²) in [5.41, 5.74) is 0. The van der Waals surface area contributed by atoms with Crippen molar-refractivity contribution in [2.24, 2.45) is 0 Å². The number of unbranched alkanes of at least 4 members (excludes halogenated alkanes) is 3. The predicted octanol–water partition coefficient (Wildman–Crippen LogP) is 1.96. The van der Waals surface area contributed by atoms with Gasteiger partial charge in [-0.3, -0.25) is 0 Å². The van der Waals surface area contributed by atoms with Gasteiger partial charge in [-0.15, -0.1) is 0 Å². The molecule has 0 bridgehead atoms. The Kier molecular flexibility index (Phi) is 57.2. The molecule has 16 heavy (non-hydrogen) atoms. The van der Waals surface area contributed by atoms with E-state index in [-0.39, 0.29) is 17.4 Å². The zero-order valence-corrected chi connectivity index (χ0v) is 12.4. The molecular weight excluding hydrogens is 219 g/mol. The maximum absolute atomic E-state index is 8.07. The Hall–Kier alpha value is 0.412. The molecular formula is C12H30AlO3. The molecule has 3 radical (unpaired) electrons. The van der Waals surface area contributed by atoms with E-state index >= 15 is 0 Å². The maximum atomic E-state index is 8.07. The molecule has 0 aromatic rings. The van der Waals surface area contributed by atoms with Gasteiger partial charge in [0.1, 0.15) is 0 Å². The number of aliphatic hydroxyl groups is 3. The third kappa shape index (κ3) is 63.1. The molecule has 0 saturated carbocycles. The summed E-state index contributed by atoms with van der Waals surface area (Å²) in [6, 6.07) is 0. The number of hydrogen-bond donors (Lipinski definition) is 3. The van der Waals surface area contributed by atoms with E-state index in [1.807, 2.05) is 0 Å². The summed E-state index contributed by atoms with van der Waals surface area (Å²) < 4.78 is 0. The largest absolute Gasteiger partial charge is 0.396 e. The minimum Gasteiger partial charge on any atom is -0.396 e. The van der Waals surface area contributed by atoms with Crippen molar-refractivity contribution in [1.82, 2.24) is 0 Å². The smallest absolute Gasteiger partial charge is 0.0430 e. The molecule has 3 nitrogen and oxygen atoms in total. The van der Waals surface area contributed by atoms with Gasteiger partial charge in [0.25, 0.3) is 0 Å². The van der Waals surface area contributed by atoms with Crippen LogP contribution in [0.3, 0.4) is 0 Å². The molecule has 0 aliphatic carbocycles. The number of hydrogen-bond acceptors (Lipinski definition) is 3. The van der Waals surface area contributed by atoms with Gasteiger partial charge in [-0.1, -0.05) is 40.0 Å². The summed E-state index contributed by atoms with van der Waals surface area (Å²) in [7, 11) is 0. The molecule has 0 rings (SSSR count). The van der Waals surface area contributed by atoms with Gasteiger partial charge in [0, 0.05) is 37.2 Å². The topological polar surface area (TPSA) is 60.7 Å². The zero-order valence-electron chi connectivity index (χ0n) is 11.3. The molecule has 0 fully saturated rings. The average Bonchev–Trinajstić information content (AvgIpc) is 2.23. The summed E-state index contributed by atoms with van der Waals surface area (Å²) in [5.74, 6) is 0. The van der Waals surface area contributed by atoms with E-state index in [4.69, 9.17) is 15.3 Å². The second-order valence-electron chi connectivity index (χ2n) is 3.23. The van der Waals surface area contributed by atoms with Gasteiger partial charge in [-0.2, -0.15) is 0 Å². The van der Waals surface area contributed by atoms with E-state index in [9.17, 15) is 0 Å². The lowest BCUT2D eigenvalue weighted by Crippen LogP contribution is -1.75. The van der Waals surface area contributed by atoms with Crippen molar-refractivity contribution in [2.45, 2.75) is 59.3 Å². The molecule has 0 atom stereocenters. The Morgan fingerprint density at radius 1 is 0.562 bits per heavy atom. The van der Waals surface area contributed by atoms with Crippen LogP contribution in [0.15, 0.2) is 0 Å². The molecule has 0 heterocycles. The van der Waals surface area contributed by atoms with E-state index < -0.39 is 0 Å². The van der Waals surface area contributed by atoms with Gasteiger partial charge in [-0.05, 0) is 19.3 Å². The minimum absolute atomic E-state index is 0. The highest BCUT2D eigenvalue weighted by atomic mass is 27.0. The molecule has 0 aliphatic rings. The molecule has 0 amide bonds. The lowest BCUT2D eigenvalue weighted by molar-refractivity contribution is 0.286. The van der Waals surface area contributed by atoms with E-state index in [0.29, 0.717) is 19.8 Å². The second-order valence-corrected chi connectivity index (χ2v) is 3.23. The molecule has 0 spiro atoms. The lowest BCUT2D eigenvalue weighted by atomic mass is 10.4. The predicted molar refractivity (Wildman–Crippen MR) is 71.7 cm³/mol. The highest BCUT2D eigenvalue weighted by molar-refractivity contribution is 5.75. The minimum atomic E-state index is 0. The summed E-state index contributed by atoms with van der Waals surface area (Å²) >= 11 is 0. The number of rotatable bonds is 6. The van der Waals surface area contributed by atoms with Crippen LogP contribution >= 0.6 is 0 Å². The first-order chi connectivity index (χ1) is 7.24. The van der Waals surface area contributed by atoms with Crippen LogP contribution in [0, 0.1) is 0 Å². The highest BCUT2D eigenvalue weighted by Crippen LogP contribution is 1.79. The average molecular weight is 249 g/mol. The van der Waals surface area contributed by atoms with Crippen molar-refractivity contribution in [1.29, 1.82) is 0 Å². The summed E-state index contributed by atoms with van der Waals surface area (Å²) in [4.78, 5) is 0. The molecule has 4 heteroatoms. The van der Waals surface area contributed by atoms with Crippen molar-refractivity contribution >= 4 is 17.4 Å². The van der Waals surface area contributed by atoms with E-state index in [1.165, 1.54) is 0 Å². The second kappa shape index (κ2) is 36.1. The van der Waals surface area contributed by atoms with Gasteiger partial charge in [0.05, 0.1) is 0 Å². The van der Waals surface area contributed by atoms with E-state index in [0.717, 1.165) is 38.5 Å². The maximum Gasteiger partial charge on any atom is 0.0430 e. The van der Waals surface area contributed by atoms with Crippen molar-refractivity contribution < 1.29 is 15.3 Å². The molecule has 99 valence electrons. The number of aliphatic hydroxyl groups excluding tert-OH is 3. The summed E-state index contributed by atoms with van der Waals surface area (Å²) in [6.45, 7) is 7.19. The Balaban J connectivity index is -0.0000000655. The molecule has 0 aromatic heterocycles. The van der Waals surface area contributed by atoms with Gasteiger partial charge >= 0.3 is 0 Å². The third-order valence-corrected chi connectivity index (χ3v) is 1.54. The quantitative estimate of drug-likeness (QED) is 0.631. The molecule has 0 saturated heterocycles. The fourth-order valence-electron chi connectivity index (χ4n) is 0.474. The normalized spacial score (nSPS) is 7.88. The van der Waals surface area contributed by atoms with Crippen LogP contribution in [0.2, 0.25) is 0 Å². The van der Waals surface area contributed by atoms with Gasteiger partial charge < -0.3 is 15.3 Å². The zero-order chi connectivity index (χ0) is 12.4. The monoisotopic (exact) mass is 249 g/mol. The Labute approximate surface area is 112 Å². The van der Waals surface area contributed by atoms with E-state index in [2.05, 4.69) is 20.8 Å². The van der Waals surface area contributed by atoms with Crippen molar-refractivity contribution in [3.63, 3.8) is 0 Å². The third-order valence-electron chi connectivity index (χ3n) is 1.54. The van der Waals surface area contributed by atoms with E-state index in [1.54, 1.807) is 0 Å². The lowest BCUT2D eigenvalue weighted by Gasteiger charge is -1.79. The van der Waals surface area contributed by atoms with Gasteiger partial charge in [-0.25, -0.2) is 0 Å². The van der Waals surface area contributed by atoms with Crippen LogP contribution in [0.4, 0.5) is 0 Å². The molecule has 3 N–H and O–H groups in total. The summed E-state index contributed by atoms with van der Waals surface area (Å²) in [5, 5.41) is 24.2. The highest BCUT2D eigenvalue weighted by Gasteiger charge is 1.70. The SMILES string of the molecule is CCCCO.CCCCO.CCCCO.[Al]. The Bertz CT molecular complexity index is 53.0. The van der Waals surface area contributed by atoms with Crippen LogP contribution in [0.1, 0.15) is 59.3 Å². The summed E-state index contributed by atoms with van der Waals surface area (Å²) in [6.07, 6.45) is 6.11. The Morgan fingerprint density at radius 3 is 0.750 bits per heavy atom. The molecule has 0 unspecified atom stereocenters. The first-order valence-corrected chi connectivity index (χ1v) is 6.07. The van der Waals surface area contributed by atoms with Crippen LogP contribution < -0.4 is 0 Å². The van der Waals surface area contributed by atoms with Gasteiger partial charge in [0.2, 0.25) is 0 Å². The molecule has 0 aromatic carbocycles. The fourth-order valence-corrected chi connectivity index (χ4v) is 0.474. The van der Waals surface area contributed by atoms with Gasteiger partial charge in [0.15, 0.2) is 0 Å². The first-order valence-electron chi connectivity index (χ1n) is 6.07. The first kappa shape index (κ1) is 25.3. The fraction of sp³-hybridized carbons (Fsp3) is 1.00. The van der Waals surface area contributed by atoms with Crippen molar-refractivity contribution in [2.75, 3.05) is 19.8 Å². The van der Waals surface area contributed by atoms with Crippen LogP contribution in [0.25, 0.3) is 0 Å². The standard InChI is InChI=1S/3C4H10O.Al/c3*1-2-3-4-5;/h3*5H,2-4H2,1H3;. The Morgan fingerprint density at radius 2 is 0.750 bits per heavy atom. The van der Waals surface area contributed by atoms with Crippen LogP contribution in [-0.2, 0) is 0 Å². The molecule has 0 aliphatic heterocycles.